The average Bonchev–Trinajstić information content (AvgIpc) is 3.24. The molecule has 0 saturated carbocycles. The summed E-state index contributed by atoms with van der Waals surface area (Å²) in [6.07, 6.45) is 56.1. The van der Waals surface area contributed by atoms with E-state index in [1.807, 2.05) is 0 Å². The highest BCUT2D eigenvalue weighted by molar-refractivity contribution is 5.71. The summed E-state index contributed by atoms with van der Waals surface area (Å²) in [6, 6.07) is 0. The van der Waals surface area contributed by atoms with Crippen molar-refractivity contribution in [2.24, 2.45) is 0 Å². The van der Waals surface area contributed by atoms with Crippen LogP contribution in [-0.4, -0.2) is 37.2 Å². The molecule has 0 aliphatic carbocycles. The highest BCUT2D eigenvalue weighted by atomic mass is 16.6. The third kappa shape index (κ3) is 46.9. The molecule has 0 aromatic rings. The summed E-state index contributed by atoms with van der Waals surface area (Å²) in [7, 11) is 0. The van der Waals surface area contributed by atoms with Gasteiger partial charge in [0.1, 0.15) is 13.2 Å². The summed E-state index contributed by atoms with van der Waals surface area (Å²) in [6.45, 7) is 6.61. The van der Waals surface area contributed by atoms with E-state index in [9.17, 15) is 14.4 Å². The lowest BCUT2D eigenvalue weighted by Gasteiger charge is -2.18. The number of rotatable bonds is 48. The zero-order valence-corrected chi connectivity index (χ0v) is 40.2. The van der Waals surface area contributed by atoms with Gasteiger partial charge in [0.2, 0.25) is 0 Å². The van der Waals surface area contributed by atoms with Crippen molar-refractivity contribution in [1.29, 1.82) is 0 Å². The molecule has 0 amide bonds. The van der Waals surface area contributed by atoms with Crippen LogP contribution in [0.1, 0.15) is 284 Å². The molecule has 0 spiro atoms. The molecule has 1 atom stereocenters. The molecule has 60 heavy (non-hydrogen) atoms. The molecule has 0 saturated heterocycles. The van der Waals surface area contributed by atoms with E-state index in [0.29, 0.717) is 19.3 Å². The summed E-state index contributed by atoms with van der Waals surface area (Å²) in [5, 5.41) is 0. The fourth-order valence-electron chi connectivity index (χ4n) is 7.71. The van der Waals surface area contributed by atoms with Crippen LogP contribution in [0.15, 0.2) is 24.3 Å². The van der Waals surface area contributed by atoms with Gasteiger partial charge in [0.25, 0.3) is 0 Å². The van der Waals surface area contributed by atoms with E-state index in [4.69, 9.17) is 14.2 Å². The monoisotopic (exact) mass is 845 g/mol. The van der Waals surface area contributed by atoms with E-state index in [0.717, 1.165) is 64.2 Å². The maximum Gasteiger partial charge on any atom is 0.306 e. The van der Waals surface area contributed by atoms with Crippen molar-refractivity contribution in [3.8, 4) is 0 Å². The molecule has 0 aliphatic rings. The molecule has 0 aliphatic heterocycles. The van der Waals surface area contributed by atoms with Crippen molar-refractivity contribution >= 4 is 17.9 Å². The number of unbranched alkanes of at least 4 members (excludes halogenated alkanes) is 33. The van der Waals surface area contributed by atoms with Crippen molar-refractivity contribution in [1.82, 2.24) is 0 Å². The van der Waals surface area contributed by atoms with E-state index < -0.39 is 6.10 Å². The molecule has 0 fully saturated rings. The quantitative estimate of drug-likeness (QED) is 0.0263. The minimum absolute atomic E-state index is 0.0675. The lowest BCUT2D eigenvalue weighted by atomic mass is 10.0. The maximum absolute atomic E-state index is 12.7. The van der Waals surface area contributed by atoms with Crippen LogP contribution in [0, 0.1) is 0 Å². The van der Waals surface area contributed by atoms with Crippen LogP contribution in [0.25, 0.3) is 0 Å². The predicted molar refractivity (Wildman–Crippen MR) is 256 cm³/mol. The van der Waals surface area contributed by atoms with Crippen LogP contribution in [0.5, 0.6) is 0 Å². The first-order valence-corrected chi connectivity index (χ1v) is 26.3. The smallest absolute Gasteiger partial charge is 0.306 e. The van der Waals surface area contributed by atoms with Crippen LogP contribution in [0.4, 0.5) is 0 Å². The van der Waals surface area contributed by atoms with E-state index >= 15 is 0 Å². The first-order chi connectivity index (χ1) is 29.5. The van der Waals surface area contributed by atoms with E-state index in [1.165, 1.54) is 180 Å². The number of hydrogen-bond donors (Lipinski definition) is 0. The topological polar surface area (TPSA) is 78.9 Å². The van der Waals surface area contributed by atoms with E-state index in [2.05, 4.69) is 45.1 Å². The van der Waals surface area contributed by atoms with Gasteiger partial charge in [-0.3, -0.25) is 14.4 Å². The first-order valence-electron chi connectivity index (χ1n) is 26.3. The standard InChI is InChI=1S/C54H100O6/c1-4-7-10-13-16-19-21-22-23-24-25-26-27-28-29-30-31-32-34-35-38-41-44-47-53(56)59-50-51(49-58-52(55)46-43-40-37-18-15-12-9-6-3)60-54(57)48-45-42-39-36-33-20-17-14-11-8-5-2/h21-22,24-25,51H,4-20,23,26-50H2,1-3H3/b22-21-,25-24-. The van der Waals surface area contributed by atoms with E-state index in [1.54, 1.807) is 0 Å². The van der Waals surface area contributed by atoms with Crippen LogP contribution < -0.4 is 0 Å². The van der Waals surface area contributed by atoms with Gasteiger partial charge in [-0.05, 0) is 51.4 Å². The normalized spacial score (nSPS) is 12.1. The third-order valence-corrected chi connectivity index (χ3v) is 11.7. The Bertz CT molecular complexity index is 973. The lowest BCUT2D eigenvalue weighted by Crippen LogP contribution is -2.30. The molecule has 0 bridgehead atoms. The fourth-order valence-corrected chi connectivity index (χ4v) is 7.71. The molecule has 6 nitrogen and oxygen atoms in total. The Morgan fingerprint density at radius 3 is 0.917 bits per heavy atom. The Kier molecular flexibility index (Phi) is 47.8. The Hall–Kier alpha value is -2.11. The van der Waals surface area contributed by atoms with Gasteiger partial charge in [-0.2, -0.15) is 0 Å². The number of hydrogen-bond acceptors (Lipinski definition) is 6. The second-order valence-corrected chi connectivity index (χ2v) is 17.8. The van der Waals surface area contributed by atoms with Crippen molar-refractivity contribution in [3.05, 3.63) is 24.3 Å². The van der Waals surface area contributed by atoms with Crippen molar-refractivity contribution in [2.45, 2.75) is 290 Å². The molecule has 0 N–H and O–H groups in total. The molecule has 6 heteroatoms. The lowest BCUT2D eigenvalue weighted by molar-refractivity contribution is -0.167. The molecular weight excluding hydrogens is 745 g/mol. The summed E-state index contributed by atoms with van der Waals surface area (Å²) < 4.78 is 16.7. The maximum atomic E-state index is 12.7. The highest BCUT2D eigenvalue weighted by Crippen LogP contribution is 2.16. The van der Waals surface area contributed by atoms with Crippen LogP contribution in [0.2, 0.25) is 0 Å². The molecule has 352 valence electrons. The Balaban J connectivity index is 4.14. The second-order valence-electron chi connectivity index (χ2n) is 17.8. The van der Waals surface area contributed by atoms with Gasteiger partial charge < -0.3 is 14.2 Å². The van der Waals surface area contributed by atoms with Crippen molar-refractivity contribution < 1.29 is 28.6 Å². The Morgan fingerprint density at radius 1 is 0.333 bits per heavy atom. The first kappa shape index (κ1) is 57.9. The van der Waals surface area contributed by atoms with Gasteiger partial charge in [-0.1, -0.05) is 238 Å². The number of allylic oxidation sites excluding steroid dienone is 4. The second kappa shape index (κ2) is 49.5. The number of esters is 3. The van der Waals surface area contributed by atoms with Crippen LogP contribution in [0.3, 0.4) is 0 Å². The molecule has 0 aromatic heterocycles. The zero-order valence-electron chi connectivity index (χ0n) is 40.2. The number of carbonyl (C=O) groups excluding carboxylic acids is 3. The van der Waals surface area contributed by atoms with Gasteiger partial charge >= 0.3 is 17.9 Å². The fraction of sp³-hybridized carbons (Fsp3) is 0.870. The molecule has 0 heterocycles. The van der Waals surface area contributed by atoms with Crippen molar-refractivity contribution in [3.63, 3.8) is 0 Å². The largest absolute Gasteiger partial charge is 0.462 e. The van der Waals surface area contributed by atoms with Gasteiger partial charge in [-0.25, -0.2) is 0 Å². The number of ether oxygens (including phenoxy) is 3. The summed E-state index contributed by atoms with van der Waals surface area (Å²) in [4.78, 5) is 37.8. The van der Waals surface area contributed by atoms with Crippen molar-refractivity contribution in [2.75, 3.05) is 13.2 Å². The molecular formula is C54H100O6. The third-order valence-electron chi connectivity index (χ3n) is 11.7. The average molecular weight is 845 g/mol. The zero-order chi connectivity index (χ0) is 43.7. The molecule has 1 unspecified atom stereocenters. The predicted octanol–water partition coefficient (Wildman–Crippen LogP) is 17.2. The number of carbonyl (C=O) groups is 3. The Labute approximate surface area is 373 Å². The summed E-state index contributed by atoms with van der Waals surface area (Å²) >= 11 is 0. The van der Waals surface area contributed by atoms with E-state index in [-0.39, 0.29) is 31.1 Å². The van der Waals surface area contributed by atoms with Crippen LogP contribution >= 0.6 is 0 Å². The Morgan fingerprint density at radius 2 is 0.600 bits per heavy atom. The van der Waals surface area contributed by atoms with Gasteiger partial charge in [0.15, 0.2) is 6.10 Å². The summed E-state index contributed by atoms with van der Waals surface area (Å²) in [5.41, 5.74) is 0. The molecule has 0 aromatic carbocycles. The van der Waals surface area contributed by atoms with Crippen LogP contribution in [-0.2, 0) is 28.6 Å². The van der Waals surface area contributed by atoms with Gasteiger partial charge in [-0.15, -0.1) is 0 Å². The minimum atomic E-state index is -0.763. The van der Waals surface area contributed by atoms with Gasteiger partial charge in [0.05, 0.1) is 0 Å². The summed E-state index contributed by atoms with van der Waals surface area (Å²) in [5.74, 6) is -0.863. The minimum Gasteiger partial charge on any atom is -0.462 e. The SMILES string of the molecule is CCCCCCC/C=C\C/C=C\CCCCCCCCCCCCCC(=O)OCC(COC(=O)CCCCCCCCCC)OC(=O)CCCCCCCCCCCCC. The molecule has 0 rings (SSSR count). The highest BCUT2D eigenvalue weighted by Gasteiger charge is 2.19. The molecule has 0 radical (unpaired) electrons. The van der Waals surface area contributed by atoms with Gasteiger partial charge in [0, 0.05) is 19.3 Å².